The standard InChI is InChI=1S/C25H32N4O5/c1-14-17(13-30)8-16-11-29(24(27)22(16)28-14)12-19(31)15-9-18(25(2,3)4)23(33)20(10-15)34-7-5-6-21(26)32/h8-10,27,30,33H,5-7,11-13H2,1-4H3,(H2,26,32). The van der Waals surface area contributed by atoms with E-state index in [9.17, 15) is 19.8 Å². The number of nitrogens with zero attached hydrogens (tertiary/aromatic N) is 2. The Morgan fingerprint density at radius 1 is 1.26 bits per heavy atom. The van der Waals surface area contributed by atoms with Crippen LogP contribution in [0.3, 0.4) is 0 Å². The molecular weight excluding hydrogens is 436 g/mol. The highest BCUT2D eigenvalue weighted by Crippen LogP contribution is 2.39. The predicted octanol–water partition coefficient (Wildman–Crippen LogP) is 2.55. The number of benzene rings is 1. The molecule has 0 saturated heterocycles. The first kappa shape index (κ1) is 25.2. The van der Waals surface area contributed by atoms with Crippen molar-refractivity contribution in [2.75, 3.05) is 13.2 Å². The summed E-state index contributed by atoms with van der Waals surface area (Å²) in [7, 11) is 0. The number of ether oxygens (including phenoxy) is 1. The zero-order valence-electron chi connectivity index (χ0n) is 20.1. The number of amidine groups is 1. The number of ketones is 1. The van der Waals surface area contributed by atoms with Crippen LogP contribution in [0, 0.1) is 12.3 Å². The van der Waals surface area contributed by atoms with Crippen molar-refractivity contribution >= 4 is 17.5 Å². The number of aliphatic hydroxyl groups is 1. The highest BCUT2D eigenvalue weighted by molar-refractivity contribution is 6.04. The van der Waals surface area contributed by atoms with Crippen LogP contribution >= 0.6 is 0 Å². The normalized spacial score (nSPS) is 13.2. The van der Waals surface area contributed by atoms with Gasteiger partial charge in [-0.15, -0.1) is 0 Å². The average molecular weight is 469 g/mol. The summed E-state index contributed by atoms with van der Waals surface area (Å²) in [5, 5.41) is 28.7. The van der Waals surface area contributed by atoms with Gasteiger partial charge in [-0.1, -0.05) is 20.8 Å². The van der Waals surface area contributed by atoms with E-state index in [4.69, 9.17) is 15.9 Å². The Bertz CT molecular complexity index is 1140. The Kier molecular flexibility index (Phi) is 7.26. The van der Waals surface area contributed by atoms with E-state index in [0.717, 1.165) is 5.56 Å². The Hall–Kier alpha value is -3.46. The second-order valence-corrected chi connectivity index (χ2v) is 9.57. The van der Waals surface area contributed by atoms with Crippen molar-refractivity contribution in [2.24, 2.45) is 5.73 Å². The molecule has 0 radical (unpaired) electrons. The van der Waals surface area contributed by atoms with Crippen molar-refractivity contribution in [3.63, 3.8) is 0 Å². The van der Waals surface area contributed by atoms with E-state index >= 15 is 0 Å². The number of carbonyl (C=O) groups excluding carboxylic acids is 2. The number of hydrogen-bond acceptors (Lipinski definition) is 7. The third-order valence-electron chi connectivity index (χ3n) is 5.83. The summed E-state index contributed by atoms with van der Waals surface area (Å²) in [6.07, 6.45) is 0.553. The van der Waals surface area contributed by atoms with E-state index in [-0.39, 0.29) is 49.3 Å². The number of phenolic OH excluding ortho intramolecular Hbond substituents is 1. The summed E-state index contributed by atoms with van der Waals surface area (Å²) in [5.74, 6) is -0.375. The first-order valence-corrected chi connectivity index (χ1v) is 11.2. The summed E-state index contributed by atoms with van der Waals surface area (Å²) >= 11 is 0. The topological polar surface area (TPSA) is 150 Å². The highest BCUT2D eigenvalue weighted by Gasteiger charge is 2.30. The third kappa shape index (κ3) is 5.36. The molecule has 9 nitrogen and oxygen atoms in total. The van der Waals surface area contributed by atoms with E-state index in [0.29, 0.717) is 41.0 Å². The number of primary amides is 1. The maximum Gasteiger partial charge on any atom is 0.217 e. The van der Waals surface area contributed by atoms with Crippen LogP contribution in [0.2, 0.25) is 0 Å². The summed E-state index contributed by atoms with van der Waals surface area (Å²) in [4.78, 5) is 30.3. The molecule has 0 unspecified atom stereocenters. The number of carbonyl (C=O) groups is 2. The van der Waals surface area contributed by atoms with Crippen molar-refractivity contribution < 1.29 is 24.5 Å². The largest absolute Gasteiger partial charge is 0.504 e. The zero-order valence-corrected chi connectivity index (χ0v) is 20.1. The molecule has 0 spiro atoms. The lowest BCUT2D eigenvalue weighted by Crippen LogP contribution is -2.30. The molecule has 2 aromatic rings. The number of aliphatic hydroxyl groups excluding tert-OH is 1. The quantitative estimate of drug-likeness (QED) is 0.326. The van der Waals surface area contributed by atoms with Gasteiger partial charge in [0.15, 0.2) is 17.3 Å². The van der Waals surface area contributed by atoms with Crippen molar-refractivity contribution in [3.05, 3.63) is 51.8 Å². The number of pyridine rings is 1. The number of nitrogens with two attached hydrogens (primary N) is 1. The maximum absolute atomic E-state index is 13.3. The maximum atomic E-state index is 13.3. The number of nitrogens with one attached hydrogen (secondary N) is 1. The molecule has 3 rings (SSSR count). The summed E-state index contributed by atoms with van der Waals surface area (Å²) in [6, 6.07) is 4.98. The van der Waals surface area contributed by atoms with Crippen LogP contribution in [-0.4, -0.2) is 50.8 Å². The van der Waals surface area contributed by atoms with Gasteiger partial charge in [0, 0.05) is 35.3 Å². The zero-order chi connectivity index (χ0) is 25.2. The van der Waals surface area contributed by atoms with Crippen LogP contribution in [0.25, 0.3) is 0 Å². The Morgan fingerprint density at radius 3 is 2.59 bits per heavy atom. The van der Waals surface area contributed by atoms with Gasteiger partial charge in [0.05, 0.1) is 19.8 Å². The molecule has 1 amide bonds. The molecule has 34 heavy (non-hydrogen) atoms. The van der Waals surface area contributed by atoms with Gasteiger partial charge in [-0.25, -0.2) is 4.98 Å². The van der Waals surface area contributed by atoms with Gasteiger partial charge in [0.25, 0.3) is 0 Å². The molecular formula is C25H32N4O5. The van der Waals surface area contributed by atoms with Crippen LogP contribution in [0.1, 0.15) is 72.0 Å². The van der Waals surface area contributed by atoms with Gasteiger partial charge < -0.3 is 25.6 Å². The number of fused-ring (bicyclic) bond motifs is 1. The molecule has 0 aliphatic carbocycles. The molecule has 0 atom stereocenters. The van der Waals surface area contributed by atoms with Crippen LogP contribution in [0.5, 0.6) is 11.5 Å². The first-order chi connectivity index (χ1) is 15.9. The van der Waals surface area contributed by atoms with Crippen molar-refractivity contribution in [1.82, 2.24) is 9.88 Å². The summed E-state index contributed by atoms with van der Waals surface area (Å²) < 4.78 is 5.69. The van der Waals surface area contributed by atoms with E-state index in [1.165, 1.54) is 6.07 Å². The number of rotatable bonds is 9. The third-order valence-corrected chi connectivity index (χ3v) is 5.83. The molecule has 5 N–H and O–H groups in total. The molecule has 9 heteroatoms. The lowest BCUT2D eigenvalue weighted by molar-refractivity contribution is -0.118. The van der Waals surface area contributed by atoms with Crippen LogP contribution in [0.4, 0.5) is 0 Å². The fraction of sp³-hybridized carbons (Fsp3) is 0.440. The fourth-order valence-corrected chi connectivity index (χ4v) is 3.89. The monoisotopic (exact) mass is 468 g/mol. The van der Waals surface area contributed by atoms with E-state index in [2.05, 4.69) is 4.98 Å². The van der Waals surface area contributed by atoms with E-state index in [1.807, 2.05) is 26.8 Å². The molecule has 1 aliphatic heterocycles. The van der Waals surface area contributed by atoms with E-state index < -0.39 is 11.3 Å². The Morgan fingerprint density at radius 2 is 1.97 bits per heavy atom. The van der Waals surface area contributed by atoms with Gasteiger partial charge in [0.2, 0.25) is 5.91 Å². The lowest BCUT2D eigenvalue weighted by atomic mass is 9.84. The van der Waals surface area contributed by atoms with Crippen LogP contribution in [-0.2, 0) is 23.4 Å². The number of aromatic nitrogens is 1. The molecule has 182 valence electrons. The van der Waals surface area contributed by atoms with E-state index in [1.54, 1.807) is 17.9 Å². The minimum atomic E-state index is -0.454. The van der Waals surface area contributed by atoms with Crippen molar-refractivity contribution in [3.8, 4) is 11.5 Å². The van der Waals surface area contributed by atoms with Gasteiger partial charge in [-0.05, 0) is 42.5 Å². The number of amides is 1. The van der Waals surface area contributed by atoms with Crippen molar-refractivity contribution in [1.29, 1.82) is 5.41 Å². The minimum absolute atomic E-state index is 0.0411. The van der Waals surface area contributed by atoms with Crippen LogP contribution < -0.4 is 10.5 Å². The Labute approximate surface area is 199 Å². The van der Waals surface area contributed by atoms with Gasteiger partial charge in [-0.2, -0.15) is 0 Å². The van der Waals surface area contributed by atoms with Crippen molar-refractivity contribution in [2.45, 2.75) is 59.1 Å². The number of phenols is 1. The van der Waals surface area contributed by atoms with Crippen LogP contribution in [0.15, 0.2) is 18.2 Å². The number of aromatic hydroxyl groups is 1. The summed E-state index contributed by atoms with van der Waals surface area (Å²) in [6.45, 7) is 7.89. The smallest absolute Gasteiger partial charge is 0.217 e. The molecule has 2 heterocycles. The molecule has 0 bridgehead atoms. The average Bonchev–Trinajstić information content (AvgIpc) is 3.04. The van der Waals surface area contributed by atoms with Gasteiger partial charge >= 0.3 is 0 Å². The van der Waals surface area contributed by atoms with Gasteiger partial charge in [0.1, 0.15) is 11.5 Å². The molecule has 0 saturated carbocycles. The first-order valence-electron chi connectivity index (χ1n) is 11.2. The molecule has 1 aliphatic rings. The predicted molar refractivity (Wildman–Crippen MR) is 127 cm³/mol. The lowest BCUT2D eigenvalue weighted by Gasteiger charge is -2.24. The minimum Gasteiger partial charge on any atom is -0.504 e. The second-order valence-electron chi connectivity index (χ2n) is 9.57. The fourth-order valence-electron chi connectivity index (χ4n) is 3.89. The molecule has 1 aromatic carbocycles. The summed E-state index contributed by atoms with van der Waals surface area (Å²) in [5.41, 5.74) is 8.30. The Balaban J connectivity index is 1.84. The number of Topliss-reactive ketones (excluding diaryl/α,β-unsaturated/α-hetero) is 1. The van der Waals surface area contributed by atoms with Gasteiger partial charge in [-0.3, -0.25) is 15.0 Å². The SMILES string of the molecule is Cc1nc2c(cc1CO)CN(CC(=O)c1cc(OCCCC(N)=O)c(O)c(C(C)(C)C)c1)C2=N. The highest BCUT2D eigenvalue weighted by atomic mass is 16.5. The molecule has 1 aromatic heterocycles. The molecule has 0 fully saturated rings. The number of hydrogen-bond donors (Lipinski definition) is 4. The second kappa shape index (κ2) is 9.80. The number of aryl methyl sites for hydroxylation is 1.